The number of pyridine rings is 1. The number of hydrogen-bond donors (Lipinski definition) is 2. The number of esters is 1. The topological polar surface area (TPSA) is 168 Å². The molecule has 7 heterocycles. The number of hydrazine groups is 1. The fourth-order valence-corrected chi connectivity index (χ4v) is 15.7. The second-order valence-corrected chi connectivity index (χ2v) is 25.9. The van der Waals surface area contributed by atoms with Crippen LogP contribution in [-0.4, -0.2) is 161 Å². The standard InChI is InChI=1S/C56H66F4N8O8Si2/c1-9-43(69)65-18-19-76-53(27-65)28-66(29-53)51(73)64(7)45(32(2)3)47(70)62-56-49(77-56)54(56)24-34-20-35(26-57)22-37(21-34)36-14-15-41-39(23-36)40(25-52(5,6)31-75-48(71)42-13-11-17-68(50(54)72)63-78-42)46(67(41)30-55(58,59)60)38-12-10-16-61-44(38)33(4)74-8/h9-10,12,14-16,20-23,32-33,42,45,49,63H,1,11,13,17-19,24-31H2,2-8H3,(H,62,70)/t33-,42-,45-,49?,54+,56?/m0/s1. The monoisotopic (exact) mass is 1110 g/mol. The second kappa shape index (κ2) is 20.6. The molecular formula is C56H66F4N8O8Si2. The maximum atomic E-state index is 15.4. The Kier molecular flexibility index (Phi) is 14.6. The van der Waals surface area contributed by atoms with Crippen molar-refractivity contribution in [3.8, 4) is 22.4 Å². The predicted molar refractivity (Wildman–Crippen MR) is 284 cm³/mol. The van der Waals surface area contributed by atoms with Crippen molar-refractivity contribution < 1.29 is 55.7 Å². The van der Waals surface area contributed by atoms with E-state index in [0.29, 0.717) is 88.2 Å². The van der Waals surface area contributed by atoms with Crippen LogP contribution < -0.4 is 10.4 Å². The lowest BCUT2D eigenvalue weighted by atomic mass is 9.84. The zero-order valence-electron chi connectivity index (χ0n) is 45.0. The van der Waals surface area contributed by atoms with Crippen LogP contribution in [0.3, 0.4) is 0 Å². The number of fused-ring (bicyclic) bond motifs is 10. The molecule has 6 bridgehead atoms. The Bertz CT molecular complexity index is 3080. The van der Waals surface area contributed by atoms with Crippen LogP contribution in [0.15, 0.2) is 67.4 Å². The number of alkyl halides is 4. The first-order valence-electron chi connectivity index (χ1n) is 26.5. The molecule has 2 unspecified atom stereocenters. The van der Waals surface area contributed by atoms with Crippen LogP contribution in [0.25, 0.3) is 33.3 Å². The van der Waals surface area contributed by atoms with Gasteiger partial charge in [-0.05, 0) is 108 Å². The van der Waals surface area contributed by atoms with Crippen molar-refractivity contribution in [2.45, 2.75) is 114 Å². The normalized spacial score (nSPS) is 25.4. The number of carbonyl (C=O) groups is 5. The van der Waals surface area contributed by atoms with E-state index in [2.05, 4.69) is 22.0 Å². The quantitative estimate of drug-likeness (QED) is 0.0746. The second-order valence-electron chi connectivity index (χ2n) is 23.1. The van der Waals surface area contributed by atoms with Crippen LogP contribution in [0.2, 0.25) is 11.1 Å². The third kappa shape index (κ3) is 9.97. The van der Waals surface area contributed by atoms with Gasteiger partial charge in [0.15, 0.2) is 9.68 Å². The van der Waals surface area contributed by atoms with Gasteiger partial charge in [0.25, 0.3) is 0 Å². The highest BCUT2D eigenvalue weighted by Crippen LogP contribution is 2.81. The molecule has 4 saturated heterocycles. The van der Waals surface area contributed by atoms with Crippen molar-refractivity contribution in [3.05, 3.63) is 89.8 Å². The molecule has 4 radical (unpaired) electrons. The average molecular weight is 1110 g/mol. The molecule has 6 aliphatic rings. The smallest absolute Gasteiger partial charge is 0.406 e. The summed E-state index contributed by atoms with van der Waals surface area (Å²) < 4.78 is 79.0. The maximum Gasteiger partial charge on any atom is 0.406 e. The molecule has 2 N–H and O–H groups in total. The highest BCUT2D eigenvalue weighted by atomic mass is 28.2. The lowest BCUT2D eigenvalue weighted by Crippen LogP contribution is -2.73. The van der Waals surface area contributed by atoms with Gasteiger partial charge in [-0.2, -0.15) is 13.2 Å². The Morgan fingerprint density at radius 3 is 2.49 bits per heavy atom. The van der Waals surface area contributed by atoms with E-state index in [4.69, 9.17) is 14.2 Å². The first kappa shape index (κ1) is 55.4. The molecule has 5 fully saturated rings. The summed E-state index contributed by atoms with van der Waals surface area (Å²) in [6.07, 6.45) is -1.21. The van der Waals surface area contributed by atoms with E-state index in [1.807, 2.05) is 39.8 Å². The maximum absolute atomic E-state index is 15.4. The van der Waals surface area contributed by atoms with E-state index < -0.39 is 70.6 Å². The average Bonchev–Trinajstić information content (AvgIpc) is 1.76. The molecule has 5 aliphatic heterocycles. The Hall–Kier alpha value is -5.95. The summed E-state index contributed by atoms with van der Waals surface area (Å²) in [5.74, 6) is -1.71. The largest absolute Gasteiger partial charge is 0.465 e. The summed E-state index contributed by atoms with van der Waals surface area (Å²) in [5, 5.41) is 7.70. The van der Waals surface area contributed by atoms with Crippen molar-refractivity contribution in [1.82, 2.24) is 39.7 Å². The van der Waals surface area contributed by atoms with Crippen molar-refractivity contribution in [2.75, 3.05) is 60.1 Å². The summed E-state index contributed by atoms with van der Waals surface area (Å²) in [4.78, 5) is 80.2. The van der Waals surface area contributed by atoms with Gasteiger partial charge in [-0.3, -0.25) is 34.3 Å². The highest BCUT2D eigenvalue weighted by Gasteiger charge is 2.93. The van der Waals surface area contributed by atoms with Crippen molar-refractivity contribution >= 4 is 59.8 Å². The van der Waals surface area contributed by atoms with Gasteiger partial charge in [-0.15, -0.1) is 0 Å². The summed E-state index contributed by atoms with van der Waals surface area (Å²) in [6, 6.07) is 12.6. The van der Waals surface area contributed by atoms with E-state index in [0.717, 1.165) is 0 Å². The number of rotatable bonds is 10. The number of ether oxygens (including phenoxy) is 3. The fourth-order valence-electron chi connectivity index (χ4n) is 12.5. The molecule has 1 aliphatic carbocycles. The molecule has 10 rings (SSSR count). The summed E-state index contributed by atoms with van der Waals surface area (Å²) in [6.45, 7) is 12.5. The molecule has 6 atom stereocenters. The van der Waals surface area contributed by atoms with E-state index >= 15 is 9.18 Å². The number of likely N-dealkylation sites (tertiary alicyclic amines) is 1. The molecule has 2 spiro atoms. The molecule has 5 amide bonds. The van der Waals surface area contributed by atoms with E-state index in [-0.39, 0.29) is 87.6 Å². The van der Waals surface area contributed by atoms with Crippen LogP contribution >= 0.6 is 0 Å². The number of amides is 5. The lowest BCUT2D eigenvalue weighted by Gasteiger charge is -2.54. The molecule has 2 aromatic carbocycles. The molecule has 1 saturated carbocycles. The van der Waals surface area contributed by atoms with Crippen LogP contribution in [0.5, 0.6) is 0 Å². The molecule has 16 nitrogen and oxygen atoms in total. The van der Waals surface area contributed by atoms with Gasteiger partial charge in [0.1, 0.15) is 24.9 Å². The summed E-state index contributed by atoms with van der Waals surface area (Å²) >= 11 is 0. The van der Waals surface area contributed by atoms with Gasteiger partial charge in [-0.1, -0.05) is 52.5 Å². The number of nitrogens with zero attached hydrogens (tertiary/aromatic N) is 6. The van der Waals surface area contributed by atoms with Crippen molar-refractivity contribution in [3.63, 3.8) is 0 Å². The van der Waals surface area contributed by atoms with Gasteiger partial charge >= 0.3 is 18.2 Å². The number of urea groups is 1. The molecule has 2 aromatic heterocycles. The minimum absolute atomic E-state index is 0.0624. The Labute approximate surface area is 456 Å². The highest BCUT2D eigenvalue weighted by molar-refractivity contribution is 6.67. The first-order valence-corrected chi connectivity index (χ1v) is 28.7. The number of benzene rings is 2. The van der Waals surface area contributed by atoms with Crippen molar-refractivity contribution in [2.24, 2.45) is 16.7 Å². The number of aromatic nitrogens is 2. The third-order valence-corrected chi connectivity index (χ3v) is 20.0. The lowest BCUT2D eigenvalue weighted by molar-refractivity contribution is -0.178. The Morgan fingerprint density at radius 2 is 1.79 bits per heavy atom. The van der Waals surface area contributed by atoms with Crippen LogP contribution in [0.4, 0.5) is 22.4 Å². The molecule has 78 heavy (non-hydrogen) atoms. The van der Waals surface area contributed by atoms with Gasteiger partial charge in [0.2, 0.25) is 17.7 Å². The number of nitrogens with one attached hydrogen (secondary N) is 2. The van der Waals surface area contributed by atoms with Crippen LogP contribution in [0.1, 0.15) is 75.9 Å². The molecule has 22 heteroatoms. The first-order chi connectivity index (χ1) is 37.0. The Morgan fingerprint density at radius 1 is 1.04 bits per heavy atom. The zero-order valence-corrected chi connectivity index (χ0v) is 47.0. The number of methoxy groups -OCH3 is 1. The van der Waals surface area contributed by atoms with Gasteiger partial charge in [0.05, 0.1) is 70.8 Å². The van der Waals surface area contributed by atoms with E-state index in [1.165, 1.54) is 22.7 Å². The molecule has 4 aromatic rings. The van der Waals surface area contributed by atoms with Crippen LogP contribution in [0, 0.1) is 16.7 Å². The minimum Gasteiger partial charge on any atom is -0.465 e. The Balaban J connectivity index is 1.03. The van der Waals surface area contributed by atoms with Gasteiger partial charge in [-0.25, -0.2) is 9.18 Å². The summed E-state index contributed by atoms with van der Waals surface area (Å²) in [5.41, 5.74) is 0.611. The number of hydrogen-bond acceptors (Lipinski definition) is 10. The van der Waals surface area contributed by atoms with Crippen molar-refractivity contribution in [1.29, 1.82) is 0 Å². The van der Waals surface area contributed by atoms with Gasteiger partial charge in [0, 0.05) is 60.5 Å². The van der Waals surface area contributed by atoms with Crippen LogP contribution in [-0.2, 0) is 59.4 Å². The number of cyclic esters (lactones) is 1. The van der Waals surface area contributed by atoms with E-state index in [1.54, 1.807) is 71.4 Å². The van der Waals surface area contributed by atoms with Gasteiger partial charge < -0.3 is 38.8 Å². The summed E-state index contributed by atoms with van der Waals surface area (Å²) in [7, 11) is 3.01. The van der Waals surface area contributed by atoms with E-state index in [9.17, 15) is 32.3 Å². The third-order valence-electron chi connectivity index (χ3n) is 16.5. The minimum atomic E-state index is -4.63. The SMILES string of the molecule is C=CC(=O)N1CCOC2(C1)CN(C(=O)N(C)[C@H](C(=O)NC13[Si]C1[C@@]31Cc3cc(CF)cc(c3)-c3ccc4c(c3)c(c(-c3cccnc3[C@H](C)OC)n4CC(F)(F)F)CC(C)(C)COC(=O)[C@@H]3CCCN(N[Si]3)C1=O)C(C)C)C2. The number of morpholine rings is 1. The number of carbonyl (C=O) groups excluding carboxylic acids is 5. The molecule has 414 valence electrons. The molecular weight excluding hydrogens is 1040 g/mol. The zero-order chi connectivity index (χ0) is 55.9. The fraction of sp³-hybridized carbons (Fsp3) is 0.536. The number of halogens is 4. The number of likely N-dealkylation sites (N-methyl/N-ethyl adjacent to an activating group) is 1. The predicted octanol–water partition coefficient (Wildman–Crippen LogP) is 6.81.